The van der Waals surface area contributed by atoms with E-state index in [2.05, 4.69) is 15.4 Å². The number of carbonyl (C=O) groups is 2. The number of primary amides is 1. The van der Waals surface area contributed by atoms with E-state index in [1.54, 1.807) is 48.3 Å². The minimum Gasteiger partial charge on any atom is -0.464 e. The second-order valence-corrected chi connectivity index (χ2v) is 10.2. The van der Waals surface area contributed by atoms with Gasteiger partial charge in [-0.15, -0.1) is 11.3 Å². The van der Waals surface area contributed by atoms with Gasteiger partial charge in [0.05, 0.1) is 34.4 Å². The first-order valence-electron chi connectivity index (χ1n) is 12.1. The highest BCUT2D eigenvalue weighted by Crippen LogP contribution is 2.44. The molecule has 5 heterocycles. The molecule has 0 aliphatic rings. The molecule has 0 bridgehead atoms. The number of nitrogens with one attached hydrogen (secondary N) is 1. The van der Waals surface area contributed by atoms with Gasteiger partial charge in [-0.3, -0.25) is 14.3 Å². The normalized spacial score (nSPS) is 11.8. The van der Waals surface area contributed by atoms with Crippen LogP contribution in [0.25, 0.3) is 43.7 Å². The van der Waals surface area contributed by atoms with Crippen LogP contribution in [0.2, 0.25) is 0 Å². The summed E-state index contributed by atoms with van der Waals surface area (Å²) in [5, 5.41) is 7.72. The lowest BCUT2D eigenvalue weighted by molar-refractivity contribution is -0.140. The minimum absolute atomic E-state index is 0.00219. The lowest BCUT2D eigenvalue weighted by Crippen LogP contribution is -2.17. The Bertz CT molecular complexity index is 1990. The molecular weight excluding hydrogens is 557 g/mol. The summed E-state index contributed by atoms with van der Waals surface area (Å²) in [4.78, 5) is 34.5. The first-order chi connectivity index (χ1) is 19.5. The van der Waals surface area contributed by atoms with Gasteiger partial charge in [0.25, 0.3) is 11.8 Å². The van der Waals surface area contributed by atoms with Crippen molar-refractivity contribution in [3.63, 3.8) is 0 Å². The van der Waals surface area contributed by atoms with Gasteiger partial charge in [-0.05, 0) is 37.3 Å². The van der Waals surface area contributed by atoms with Crippen LogP contribution in [0.4, 0.5) is 18.9 Å². The van der Waals surface area contributed by atoms with E-state index < -0.39 is 23.7 Å². The number of furan rings is 1. The zero-order valence-corrected chi connectivity index (χ0v) is 22.2. The van der Waals surface area contributed by atoms with Crippen LogP contribution in [0.3, 0.4) is 0 Å². The van der Waals surface area contributed by atoms with E-state index in [9.17, 15) is 22.8 Å². The molecule has 206 valence electrons. The van der Waals surface area contributed by atoms with Crippen LogP contribution in [-0.2, 0) is 13.2 Å². The van der Waals surface area contributed by atoms with Crippen LogP contribution in [0.1, 0.15) is 31.4 Å². The molecule has 0 saturated heterocycles. The smallest absolute Gasteiger partial charge is 0.433 e. The topological polar surface area (TPSA) is 129 Å². The highest BCUT2D eigenvalue weighted by molar-refractivity contribution is 7.21. The van der Waals surface area contributed by atoms with Gasteiger partial charge in [0.1, 0.15) is 21.2 Å². The van der Waals surface area contributed by atoms with Crippen LogP contribution in [0.15, 0.2) is 65.4 Å². The van der Waals surface area contributed by atoms with Gasteiger partial charge >= 0.3 is 6.18 Å². The van der Waals surface area contributed by atoms with Crippen molar-refractivity contribution >= 4 is 50.0 Å². The third kappa shape index (κ3) is 4.59. The molecule has 0 spiro atoms. The molecule has 9 nitrogen and oxygen atoms in total. The third-order valence-corrected chi connectivity index (χ3v) is 7.55. The molecule has 13 heteroatoms. The van der Waals surface area contributed by atoms with Crippen LogP contribution >= 0.6 is 11.3 Å². The fourth-order valence-electron chi connectivity index (χ4n) is 4.70. The van der Waals surface area contributed by atoms with E-state index >= 15 is 0 Å². The Kier molecular flexibility index (Phi) is 6.10. The number of amides is 2. The van der Waals surface area contributed by atoms with Gasteiger partial charge in [0.15, 0.2) is 0 Å². The molecule has 3 N–H and O–H groups in total. The molecule has 6 rings (SSSR count). The summed E-state index contributed by atoms with van der Waals surface area (Å²) in [5.41, 5.74) is 7.07. The number of nitrogens with zero attached hydrogens (tertiary/aromatic N) is 4. The molecular formula is C28H19F3N6O3S. The molecule has 0 aliphatic carbocycles. The van der Waals surface area contributed by atoms with Gasteiger partial charge in [-0.25, -0.2) is 9.97 Å². The fraction of sp³-hybridized carbons (Fsp3) is 0.107. The zero-order valence-electron chi connectivity index (χ0n) is 21.4. The van der Waals surface area contributed by atoms with Gasteiger partial charge in [0.2, 0.25) is 0 Å². The Hall–Kier alpha value is -5.04. The maximum atomic E-state index is 13.9. The largest absolute Gasteiger partial charge is 0.464 e. The predicted octanol–water partition coefficient (Wildman–Crippen LogP) is 6.18. The number of hydrogen-bond acceptors (Lipinski definition) is 7. The monoisotopic (exact) mass is 576 g/mol. The number of carbonyl (C=O) groups excluding carboxylic acids is 2. The predicted molar refractivity (Wildman–Crippen MR) is 147 cm³/mol. The first-order valence-corrected chi connectivity index (χ1v) is 12.9. The number of para-hydroxylation sites is 1. The third-order valence-electron chi connectivity index (χ3n) is 6.45. The van der Waals surface area contributed by atoms with Crippen LogP contribution < -0.4 is 11.1 Å². The average Bonchev–Trinajstić information content (AvgIpc) is 3.66. The minimum atomic E-state index is -4.77. The molecule has 1 aromatic carbocycles. The molecule has 0 radical (unpaired) electrons. The Labute approximate surface area is 233 Å². The Morgan fingerprint density at radius 2 is 1.85 bits per heavy atom. The van der Waals surface area contributed by atoms with E-state index in [1.165, 1.54) is 18.4 Å². The highest BCUT2D eigenvalue weighted by atomic mass is 32.1. The summed E-state index contributed by atoms with van der Waals surface area (Å²) in [6, 6.07) is 12.4. The molecule has 0 atom stereocenters. The summed E-state index contributed by atoms with van der Waals surface area (Å²) in [6.07, 6.45) is -1.68. The zero-order chi connectivity index (χ0) is 29.1. The number of anilines is 1. The van der Waals surface area contributed by atoms with Gasteiger partial charge < -0.3 is 15.5 Å². The number of benzene rings is 1. The van der Waals surface area contributed by atoms with E-state index in [4.69, 9.17) is 15.1 Å². The number of hydrogen-bond donors (Lipinski definition) is 2. The number of rotatable bonds is 5. The molecule has 0 fully saturated rings. The second kappa shape index (κ2) is 9.55. The van der Waals surface area contributed by atoms with Crippen molar-refractivity contribution in [1.29, 1.82) is 0 Å². The Morgan fingerprint density at radius 3 is 2.51 bits per heavy atom. The van der Waals surface area contributed by atoms with Crippen molar-refractivity contribution in [2.24, 2.45) is 12.8 Å². The summed E-state index contributed by atoms with van der Waals surface area (Å²) in [6.45, 7) is 1.82. The fourth-order valence-corrected chi connectivity index (χ4v) is 5.70. The van der Waals surface area contributed by atoms with Gasteiger partial charge in [-0.2, -0.15) is 18.3 Å². The quantitative estimate of drug-likeness (QED) is 0.252. The van der Waals surface area contributed by atoms with Gasteiger partial charge in [0, 0.05) is 35.1 Å². The number of alkyl halides is 3. The molecule has 0 aliphatic heterocycles. The standard InChI is InChI=1S/C28H19F3N6O3S/c1-13-17(12-37(2)36-13)19-10-15(14-6-3-4-7-18(14)33-19)26(39)35-23-22-16(20-8-5-9-40-20)11-21(28(29,30)31)34-27(22)41-24(23)25(32)38/h3-12H,1-2H3,(H2,32,38)(H,35,39). The van der Waals surface area contributed by atoms with E-state index in [1.807, 2.05) is 6.92 Å². The lowest BCUT2D eigenvalue weighted by atomic mass is 10.0. The molecule has 6 aromatic rings. The average molecular weight is 577 g/mol. The summed E-state index contributed by atoms with van der Waals surface area (Å²) in [5.74, 6) is -1.47. The van der Waals surface area contributed by atoms with Crippen molar-refractivity contribution in [2.45, 2.75) is 13.1 Å². The van der Waals surface area contributed by atoms with Crippen molar-refractivity contribution in [2.75, 3.05) is 5.32 Å². The lowest BCUT2D eigenvalue weighted by Gasteiger charge is -2.13. The van der Waals surface area contributed by atoms with Crippen molar-refractivity contribution in [3.8, 4) is 22.6 Å². The Morgan fingerprint density at radius 1 is 1.07 bits per heavy atom. The van der Waals surface area contributed by atoms with Crippen molar-refractivity contribution in [3.05, 3.63) is 82.8 Å². The molecule has 41 heavy (non-hydrogen) atoms. The molecule has 5 aromatic heterocycles. The van der Waals surface area contributed by atoms with Crippen molar-refractivity contribution < 1.29 is 27.2 Å². The molecule has 0 unspecified atom stereocenters. The number of nitrogens with two attached hydrogens (primary N) is 1. The van der Waals surface area contributed by atoms with Gasteiger partial charge in [-0.1, -0.05) is 18.2 Å². The summed E-state index contributed by atoms with van der Waals surface area (Å²) in [7, 11) is 1.77. The SMILES string of the molecule is Cc1nn(C)cc1-c1cc(C(=O)Nc2c(C(N)=O)sc3nc(C(F)(F)F)cc(-c4ccco4)c23)c2ccccc2n1. The number of fused-ring (bicyclic) bond motifs is 2. The number of pyridine rings is 2. The summed E-state index contributed by atoms with van der Waals surface area (Å²) >= 11 is 0.654. The van der Waals surface area contributed by atoms with E-state index in [0.717, 1.165) is 11.6 Å². The highest BCUT2D eigenvalue weighted by Gasteiger charge is 2.35. The number of aryl methyl sites for hydroxylation is 2. The number of aromatic nitrogens is 4. The number of halogens is 3. The van der Waals surface area contributed by atoms with E-state index in [-0.39, 0.29) is 37.7 Å². The van der Waals surface area contributed by atoms with Crippen LogP contribution in [-0.4, -0.2) is 31.6 Å². The van der Waals surface area contributed by atoms with Crippen LogP contribution in [0, 0.1) is 6.92 Å². The van der Waals surface area contributed by atoms with Crippen molar-refractivity contribution in [1.82, 2.24) is 19.7 Å². The maximum absolute atomic E-state index is 13.9. The van der Waals surface area contributed by atoms with E-state index in [0.29, 0.717) is 33.6 Å². The Balaban J connectivity index is 1.56. The second-order valence-electron chi connectivity index (χ2n) is 9.21. The molecule has 2 amide bonds. The number of thiophene rings is 1. The maximum Gasteiger partial charge on any atom is 0.433 e. The summed E-state index contributed by atoms with van der Waals surface area (Å²) < 4.78 is 48.2. The van der Waals surface area contributed by atoms with Crippen LogP contribution in [0.5, 0.6) is 0 Å². The first kappa shape index (κ1) is 26.2. The molecule has 0 saturated carbocycles.